The highest BCUT2D eigenvalue weighted by atomic mass is 32.2. The fraction of sp³-hybridized carbons (Fsp3) is 0.450. The van der Waals surface area contributed by atoms with Gasteiger partial charge in [0.1, 0.15) is 12.1 Å². The predicted molar refractivity (Wildman–Crippen MR) is 120 cm³/mol. The molecule has 0 saturated carbocycles. The first kappa shape index (κ1) is 25.9. The van der Waals surface area contributed by atoms with Gasteiger partial charge in [-0.15, -0.1) is 11.8 Å². The van der Waals surface area contributed by atoms with Gasteiger partial charge in [0.05, 0.1) is 11.2 Å². The van der Waals surface area contributed by atoms with Crippen LogP contribution in [0.15, 0.2) is 35.5 Å². The van der Waals surface area contributed by atoms with Crippen LogP contribution in [0.1, 0.15) is 33.2 Å². The maximum atomic E-state index is 12.3. The van der Waals surface area contributed by atoms with Crippen LogP contribution in [0.2, 0.25) is 0 Å². The van der Waals surface area contributed by atoms with Gasteiger partial charge in [0, 0.05) is 28.1 Å². The smallest absolute Gasteiger partial charge is 0.327 e. The van der Waals surface area contributed by atoms with Crippen molar-refractivity contribution < 1.29 is 38.9 Å². The Morgan fingerprint density at radius 2 is 1.75 bits per heavy atom. The molecule has 176 valence electrons. The number of aromatic nitrogens is 1. The largest absolute Gasteiger partial charge is 0.480 e. The number of aliphatic carboxylic acids is 2. The van der Waals surface area contributed by atoms with Crippen molar-refractivity contribution in [1.82, 2.24) is 9.88 Å². The summed E-state index contributed by atoms with van der Waals surface area (Å²) in [6, 6.07) is 4.54. The van der Waals surface area contributed by atoms with Crippen molar-refractivity contribution in [2.45, 2.75) is 44.3 Å². The van der Waals surface area contributed by atoms with E-state index in [-0.39, 0.29) is 12.2 Å². The minimum absolute atomic E-state index is 0.0734. The Balaban J connectivity index is 2.39. The van der Waals surface area contributed by atoms with Gasteiger partial charge in [0.2, 0.25) is 5.91 Å². The van der Waals surface area contributed by atoms with E-state index in [9.17, 15) is 38.9 Å². The number of fused-ring (bicyclic) bond motifs is 1. The fourth-order valence-electron chi connectivity index (χ4n) is 2.92. The van der Waals surface area contributed by atoms with Crippen LogP contribution < -0.4 is 5.32 Å². The van der Waals surface area contributed by atoms with Crippen LogP contribution in [0.4, 0.5) is 0 Å². The zero-order valence-corrected chi connectivity index (χ0v) is 19.6. The lowest BCUT2D eigenvalue weighted by molar-refractivity contribution is -0.142. The molecule has 0 aliphatic carbocycles. The van der Waals surface area contributed by atoms with E-state index in [1.54, 1.807) is 51.2 Å². The fourth-order valence-corrected chi connectivity index (χ4v) is 4.72. The van der Waals surface area contributed by atoms with Crippen LogP contribution in [0, 0.1) is 5.41 Å². The number of carbonyl (C=O) groups is 3. The second-order valence-corrected chi connectivity index (χ2v) is 11.2. The third kappa shape index (κ3) is 6.83. The van der Waals surface area contributed by atoms with Gasteiger partial charge in [-0.3, -0.25) is 9.36 Å². The summed E-state index contributed by atoms with van der Waals surface area (Å²) in [6.07, 6.45) is 0.652. The number of rotatable bonds is 10. The van der Waals surface area contributed by atoms with E-state index < -0.39 is 49.1 Å². The number of carbonyl (C=O) groups excluding carboxylic acids is 1. The number of nitrogens with zero attached hydrogens (tertiary/aromatic N) is 1. The SMILES string of the molecule is CC(C)(C)C(=O)N[C@@H](CSc1c2ccccc2cn1C(CCP(=O)(O)O)C(=O)O)C(=O)O. The third-order valence-corrected chi connectivity index (χ3v) is 6.73. The Kier molecular flexibility index (Phi) is 8.17. The van der Waals surface area contributed by atoms with Gasteiger partial charge in [-0.05, 0) is 6.42 Å². The lowest BCUT2D eigenvalue weighted by atomic mass is 9.95. The average Bonchev–Trinajstić information content (AvgIpc) is 3.01. The summed E-state index contributed by atoms with van der Waals surface area (Å²) < 4.78 is 12.7. The van der Waals surface area contributed by atoms with Gasteiger partial charge in [0.25, 0.3) is 0 Å². The summed E-state index contributed by atoms with van der Waals surface area (Å²) in [6.45, 7) is 4.97. The zero-order valence-electron chi connectivity index (χ0n) is 17.9. The molecule has 0 saturated heterocycles. The molecular weight excluding hydrogens is 459 g/mol. The first-order valence-corrected chi connectivity index (χ1v) is 12.5. The molecule has 1 aromatic heterocycles. The molecule has 10 nitrogen and oxygen atoms in total. The monoisotopic (exact) mass is 486 g/mol. The van der Waals surface area contributed by atoms with Crippen LogP contribution in [-0.2, 0) is 18.9 Å². The summed E-state index contributed by atoms with van der Waals surface area (Å²) in [5, 5.41) is 23.6. The molecule has 0 bridgehead atoms. The van der Waals surface area contributed by atoms with Gasteiger partial charge in [-0.25, -0.2) is 9.59 Å². The van der Waals surface area contributed by atoms with Crippen LogP contribution in [-0.4, -0.2) is 60.4 Å². The van der Waals surface area contributed by atoms with Crippen molar-refractivity contribution in [1.29, 1.82) is 0 Å². The van der Waals surface area contributed by atoms with E-state index in [1.807, 2.05) is 0 Å². The van der Waals surface area contributed by atoms with Crippen molar-refractivity contribution in [3.63, 3.8) is 0 Å². The van der Waals surface area contributed by atoms with E-state index in [2.05, 4.69) is 5.32 Å². The second-order valence-electron chi connectivity index (χ2n) is 8.39. The topological polar surface area (TPSA) is 166 Å². The number of carboxylic acids is 2. The maximum Gasteiger partial charge on any atom is 0.327 e. The normalized spacial score (nSPS) is 14.2. The van der Waals surface area contributed by atoms with E-state index in [1.165, 1.54) is 4.57 Å². The summed E-state index contributed by atoms with van der Waals surface area (Å²) in [5.41, 5.74) is -0.789. The lowest BCUT2D eigenvalue weighted by Gasteiger charge is -2.22. The molecular formula is C20H27N2O8PS. The number of benzene rings is 1. The van der Waals surface area contributed by atoms with Gasteiger partial charge in [-0.1, -0.05) is 45.0 Å². The summed E-state index contributed by atoms with van der Waals surface area (Å²) in [4.78, 5) is 54.3. The average molecular weight is 486 g/mol. The van der Waals surface area contributed by atoms with Gasteiger partial charge in [-0.2, -0.15) is 0 Å². The quantitative estimate of drug-likeness (QED) is 0.250. The molecule has 1 unspecified atom stereocenters. The van der Waals surface area contributed by atoms with Crippen molar-refractivity contribution in [3.8, 4) is 0 Å². The molecule has 2 aromatic rings. The Bertz CT molecular complexity index is 1060. The van der Waals surface area contributed by atoms with Gasteiger partial charge >= 0.3 is 19.5 Å². The summed E-state index contributed by atoms with van der Waals surface area (Å²) in [7, 11) is -4.41. The molecule has 0 aliphatic heterocycles. The van der Waals surface area contributed by atoms with Crippen LogP contribution in [0.5, 0.6) is 0 Å². The van der Waals surface area contributed by atoms with E-state index in [4.69, 9.17) is 0 Å². The van der Waals surface area contributed by atoms with Crippen molar-refractivity contribution in [2.75, 3.05) is 11.9 Å². The molecule has 2 atom stereocenters. The molecule has 5 N–H and O–H groups in total. The maximum absolute atomic E-state index is 12.3. The van der Waals surface area contributed by atoms with Crippen molar-refractivity contribution in [2.24, 2.45) is 5.41 Å². The molecule has 0 fully saturated rings. The molecule has 0 aliphatic rings. The number of hydrogen-bond donors (Lipinski definition) is 5. The Morgan fingerprint density at radius 1 is 1.12 bits per heavy atom. The third-order valence-electron chi connectivity index (χ3n) is 4.69. The van der Waals surface area contributed by atoms with Gasteiger partial charge < -0.3 is 29.9 Å². The standard InChI is InChI=1S/C20H27N2O8PS/c1-20(2,3)19(27)21-14(17(23)24)11-32-16-13-7-5-4-6-12(13)10-22(16)15(18(25)26)8-9-31(28,29)30/h4-7,10,14-15H,8-9,11H2,1-3H3,(H,21,27)(H,23,24)(H,25,26)(H2,28,29,30)/t14-,15?/m0/s1. The molecule has 0 radical (unpaired) electrons. The second kappa shape index (κ2) is 10.1. The number of hydrogen-bond acceptors (Lipinski definition) is 5. The number of carboxylic acid groups (broad SMARTS) is 2. The van der Waals surface area contributed by atoms with Gasteiger partial charge in [0.15, 0.2) is 0 Å². The highest BCUT2D eigenvalue weighted by Gasteiger charge is 2.30. The summed E-state index contributed by atoms with van der Waals surface area (Å²) >= 11 is 1.06. The van der Waals surface area contributed by atoms with E-state index >= 15 is 0 Å². The highest BCUT2D eigenvalue weighted by Crippen LogP contribution is 2.39. The highest BCUT2D eigenvalue weighted by molar-refractivity contribution is 7.99. The molecule has 1 aromatic carbocycles. The van der Waals surface area contributed by atoms with Crippen molar-refractivity contribution >= 4 is 48.0 Å². The first-order valence-electron chi connectivity index (χ1n) is 9.74. The minimum Gasteiger partial charge on any atom is -0.480 e. The van der Waals surface area contributed by atoms with E-state index in [0.29, 0.717) is 15.8 Å². The molecule has 1 amide bonds. The Morgan fingerprint density at radius 3 is 2.28 bits per heavy atom. The summed E-state index contributed by atoms with van der Waals surface area (Å²) in [5.74, 6) is -3.00. The molecule has 1 heterocycles. The molecule has 12 heteroatoms. The minimum atomic E-state index is -4.41. The molecule has 32 heavy (non-hydrogen) atoms. The van der Waals surface area contributed by atoms with Crippen LogP contribution >= 0.6 is 19.4 Å². The number of nitrogens with one attached hydrogen (secondary N) is 1. The van der Waals surface area contributed by atoms with E-state index in [0.717, 1.165) is 11.8 Å². The Hall–Kier alpha value is -2.33. The number of amides is 1. The lowest BCUT2D eigenvalue weighted by Crippen LogP contribution is -2.47. The van der Waals surface area contributed by atoms with Crippen molar-refractivity contribution in [3.05, 3.63) is 30.5 Å². The zero-order chi connectivity index (χ0) is 24.3. The molecule has 0 spiro atoms. The first-order chi connectivity index (χ1) is 14.7. The predicted octanol–water partition coefficient (Wildman–Crippen LogP) is 2.54. The molecule has 2 rings (SSSR count). The van der Waals surface area contributed by atoms with Crippen LogP contribution in [0.3, 0.4) is 0 Å². The Labute approximate surface area is 189 Å². The van der Waals surface area contributed by atoms with Crippen LogP contribution in [0.25, 0.3) is 10.8 Å². The number of thioether (sulfide) groups is 1.